The van der Waals surface area contributed by atoms with Crippen LogP contribution in [0, 0.1) is 0 Å². The van der Waals surface area contributed by atoms with Crippen LogP contribution < -0.4 is 5.32 Å². The molecule has 21 fully saturated rings. The zero-order valence-electron chi connectivity index (χ0n) is 57.6. The number of nitrogens with one attached hydrogen (secondary N) is 1. The Morgan fingerprint density at radius 1 is 0.358 bits per heavy atom. The van der Waals surface area contributed by atoms with E-state index in [2.05, 4.69) is 5.32 Å². The third-order valence-electron chi connectivity index (χ3n) is 20.9. The fourth-order valence-corrected chi connectivity index (χ4v) is 15.1. The molecule has 0 saturated carbocycles. The fourth-order valence-electron chi connectivity index (χ4n) is 15.1. The van der Waals surface area contributed by atoms with E-state index >= 15 is 4.79 Å². The predicted molar refractivity (Wildman–Crippen MR) is 348 cm³/mol. The molecule has 3 aromatic rings. The van der Waals surface area contributed by atoms with Crippen molar-refractivity contribution in [1.82, 2.24) is 10.2 Å². The maximum Gasteiger partial charge on any atom is 0.410 e. The molecule has 3 aromatic carbocycles. The van der Waals surface area contributed by atoms with Crippen molar-refractivity contribution in [3.8, 4) is 11.1 Å². The summed E-state index contributed by atoms with van der Waals surface area (Å²) in [5.74, 6) is -3.28. The molecular weight excluding hydrogens is 1470 g/mol. The van der Waals surface area contributed by atoms with Gasteiger partial charge in [0.25, 0.3) is 0 Å². The van der Waals surface area contributed by atoms with Gasteiger partial charge in [-0.25, -0.2) is 4.79 Å². The molecule has 608 valence electrons. The summed E-state index contributed by atoms with van der Waals surface area (Å²) in [6.45, 7) is -9.30. The summed E-state index contributed by atoms with van der Waals surface area (Å²) in [5, 5.41) is 242. The van der Waals surface area contributed by atoms with Gasteiger partial charge >= 0.3 is 12.1 Å². The first-order valence-electron chi connectivity index (χ1n) is 35.2. The number of rotatable bonds is 16. The number of ether oxygens (including phenoxy) is 15. The summed E-state index contributed by atoms with van der Waals surface area (Å²) in [7, 11) is 0. The van der Waals surface area contributed by atoms with Crippen LogP contribution in [0.15, 0.2) is 78.9 Å². The van der Waals surface area contributed by atoms with Crippen LogP contribution in [0.1, 0.15) is 22.6 Å². The van der Waals surface area contributed by atoms with E-state index < -0.39 is 311 Å². The summed E-state index contributed by atoms with van der Waals surface area (Å²) in [6.07, 6.45) is -77.2. The molecule has 0 spiro atoms. The van der Waals surface area contributed by atoms with Gasteiger partial charge in [-0.15, -0.1) is 0 Å². The standard InChI is InChI=1S/C68H92N2O39/c71-17-32-54-41(81)48(88)63(98-32)106-56-34(19-73)100-65(50(90)43(56)83)108-58-36(21-75)102-67(52(92)45(58)85)109-59-37(22-76)101-66(51(91)44(59)84)107-57-35(20-74)99-64(49(89)42(57)82)105-55-33(18-72)97-62(47(87)40(55)80)103-53-31(96-61(104-54)46(86)39(53)79)16-70(30(60(93)69-15-38(77)78)14-24-8-2-1-3-9-24)68(94)95-23-29-27-12-6-4-10-25(27)26-11-5-7-13-28(26)29/h1-13,29-37,39-59,61-67,71-76,79-92H,14-23H2,(H,69,93)(H,77,78)/t30-,31+,32+,33+,34+,35+,36+,37+,39+,40+,41+,42+,43+,44+,45+,46+,47+,48+,49+,50+,51+,52+,53+,54+,55+,56+,57+,58+,59+,61+,62+,63+,64+,65+,66+,67+/m0/s1. The molecule has 36 atom stereocenters. The minimum atomic E-state index is -2.48. The second-order valence-electron chi connectivity index (χ2n) is 27.7. The number of benzene rings is 3. The number of fused-ring (bicyclic) bond motifs is 3. The van der Waals surface area contributed by atoms with Crippen LogP contribution in [0.4, 0.5) is 4.79 Å². The maximum absolute atomic E-state index is 15.4. The molecule has 22 aliphatic rings. The van der Waals surface area contributed by atoms with Crippen molar-refractivity contribution in [3.05, 3.63) is 95.6 Å². The lowest BCUT2D eigenvalue weighted by atomic mass is 9.94. The number of aliphatic hydroxyl groups excluding tert-OH is 20. The van der Waals surface area contributed by atoms with E-state index in [9.17, 15) is 117 Å². The van der Waals surface area contributed by atoms with E-state index in [1.165, 1.54) is 0 Å². The Kier molecular flexibility index (Phi) is 27.3. The molecule has 0 radical (unpaired) electrons. The molecule has 25 rings (SSSR count). The molecule has 41 heteroatoms. The number of carboxylic acids is 1. The van der Waals surface area contributed by atoms with Crippen molar-refractivity contribution in [2.45, 2.75) is 233 Å². The van der Waals surface area contributed by atoms with Gasteiger partial charge in [0.2, 0.25) is 5.91 Å². The van der Waals surface area contributed by atoms with Crippen LogP contribution in [0.5, 0.6) is 0 Å². The highest BCUT2D eigenvalue weighted by Crippen LogP contribution is 2.46. The average Bonchev–Trinajstić information content (AvgIpc) is 1.69. The Labute approximate surface area is 618 Å². The van der Waals surface area contributed by atoms with Gasteiger partial charge in [-0.3, -0.25) is 14.5 Å². The quantitative estimate of drug-likeness (QED) is 0.0633. The number of nitrogens with zero attached hydrogens (tertiary/aromatic N) is 1. The molecule has 41 nitrogen and oxygen atoms in total. The lowest BCUT2D eigenvalue weighted by Gasteiger charge is -2.50. The van der Waals surface area contributed by atoms with Crippen molar-refractivity contribution in [3.63, 3.8) is 0 Å². The van der Waals surface area contributed by atoms with Gasteiger partial charge in [0.05, 0.1) is 46.2 Å². The number of carbonyl (C=O) groups is 3. The minimum Gasteiger partial charge on any atom is -0.480 e. The van der Waals surface area contributed by atoms with Crippen molar-refractivity contribution in [2.24, 2.45) is 0 Å². The lowest BCUT2D eigenvalue weighted by Crippen LogP contribution is -2.69. The number of hydrogen-bond donors (Lipinski definition) is 22. The highest BCUT2D eigenvalue weighted by Gasteiger charge is 2.60. The van der Waals surface area contributed by atoms with Gasteiger partial charge in [-0.05, 0) is 27.8 Å². The van der Waals surface area contributed by atoms with E-state index in [0.717, 1.165) is 27.2 Å². The zero-order chi connectivity index (χ0) is 78.1. The Morgan fingerprint density at radius 2 is 0.624 bits per heavy atom. The van der Waals surface area contributed by atoms with E-state index in [-0.39, 0.29) is 0 Å². The van der Waals surface area contributed by atoms with E-state index in [0.29, 0.717) is 5.56 Å². The van der Waals surface area contributed by atoms with Crippen LogP contribution in [0.3, 0.4) is 0 Å². The number of hydrogen-bond acceptors (Lipinski definition) is 38. The predicted octanol–water partition coefficient (Wildman–Crippen LogP) is -11.2. The highest BCUT2D eigenvalue weighted by atomic mass is 16.8. The van der Waals surface area contributed by atoms with E-state index in [1.54, 1.807) is 42.5 Å². The first-order valence-corrected chi connectivity index (χ1v) is 35.2. The molecule has 21 aliphatic heterocycles. The van der Waals surface area contributed by atoms with Crippen LogP contribution in [-0.2, 0) is 87.1 Å². The summed E-state index contributed by atoms with van der Waals surface area (Å²) < 4.78 is 88.9. The largest absolute Gasteiger partial charge is 0.480 e. The molecule has 0 aromatic heterocycles. The van der Waals surface area contributed by atoms with Crippen LogP contribution in [0.2, 0.25) is 0 Å². The van der Waals surface area contributed by atoms with Crippen molar-refractivity contribution in [2.75, 3.05) is 59.3 Å². The Balaban J connectivity index is 0.896. The summed E-state index contributed by atoms with van der Waals surface area (Å²) >= 11 is 0. The van der Waals surface area contributed by atoms with Crippen molar-refractivity contribution < 1.29 is 193 Å². The highest BCUT2D eigenvalue weighted by molar-refractivity contribution is 5.88. The van der Waals surface area contributed by atoms with Crippen molar-refractivity contribution in [1.29, 1.82) is 0 Å². The molecule has 21 saturated heterocycles. The summed E-state index contributed by atoms with van der Waals surface area (Å²) in [5.41, 5.74) is 3.45. The first kappa shape index (κ1) is 83.0. The molecule has 1 aliphatic carbocycles. The Bertz CT molecular complexity index is 3410. The van der Waals surface area contributed by atoms with Gasteiger partial charge in [0.1, 0.15) is 190 Å². The van der Waals surface area contributed by atoms with Crippen LogP contribution >= 0.6 is 0 Å². The second-order valence-corrected chi connectivity index (χ2v) is 27.7. The first-order chi connectivity index (χ1) is 52.2. The van der Waals surface area contributed by atoms with Gasteiger partial charge in [0.15, 0.2) is 44.0 Å². The number of amides is 2. The van der Waals surface area contributed by atoms with Crippen LogP contribution in [0.25, 0.3) is 11.1 Å². The molecule has 0 unspecified atom stereocenters. The third-order valence-corrected chi connectivity index (χ3v) is 20.9. The average molecular weight is 1560 g/mol. The molecular formula is C68H92N2O39. The molecule has 21 heterocycles. The monoisotopic (exact) mass is 1560 g/mol. The van der Waals surface area contributed by atoms with Gasteiger partial charge in [-0.1, -0.05) is 78.9 Å². The number of carboxylic acid groups (broad SMARTS) is 1. The molecule has 2 amide bonds. The normalized spacial score (nSPS) is 43.1. The molecule has 109 heavy (non-hydrogen) atoms. The summed E-state index contributed by atoms with van der Waals surface area (Å²) in [6, 6.07) is 20.6. The SMILES string of the molecule is O=C(O)CNC(=O)[C@H](Cc1ccccc1)N(C[C@H]1O[C@@H]2O[C@H]3[C@H](O)[C@@H](O)[C@@H](O[C@H]4[C@H](O)[C@@H](O)[C@@H](O[C@H]5[C@H](O)[C@@H](O)[C@@H](O[C@H]6[C@H](O)[C@@H](O)[C@@H](O[C@H]7[C@H](O)[C@@H](O)[C@@H](O[C@H]8[C@H](O)[C@@H](O)[C@@H](O[C@H]1[C@H](O)[C@H]2O)O[C@@H]8CO)O[C@@H]7CO)O[C@@H]6CO)O[C@@H]5CO)O[C@@H]4CO)O[C@@H]3CO)C(=O)OCC1c2ccccc2-c2ccccc21. The Morgan fingerprint density at radius 3 is 0.908 bits per heavy atom. The lowest BCUT2D eigenvalue weighted by molar-refractivity contribution is -0.396. The van der Waals surface area contributed by atoms with Gasteiger partial charge in [-0.2, -0.15) is 0 Å². The molecule has 14 bridgehead atoms. The topological polar surface area (TPSA) is 630 Å². The van der Waals surface area contributed by atoms with Crippen LogP contribution in [-0.4, -0.2) is 410 Å². The second kappa shape index (κ2) is 35.9. The smallest absolute Gasteiger partial charge is 0.410 e. The van der Waals surface area contributed by atoms with Gasteiger partial charge < -0.3 is 184 Å². The summed E-state index contributed by atoms with van der Waals surface area (Å²) in [4.78, 5) is 43.0. The van der Waals surface area contributed by atoms with Crippen molar-refractivity contribution >= 4 is 18.0 Å². The zero-order valence-corrected chi connectivity index (χ0v) is 57.6. The van der Waals surface area contributed by atoms with Gasteiger partial charge in [0, 0.05) is 12.3 Å². The van der Waals surface area contributed by atoms with E-state index in [1.807, 2.05) is 36.4 Å². The number of carbonyl (C=O) groups excluding carboxylic acids is 2. The maximum atomic E-state index is 15.4. The van der Waals surface area contributed by atoms with E-state index in [4.69, 9.17) is 71.1 Å². The minimum absolute atomic E-state index is 0.362. The molecule has 22 N–H and O–H groups in total. The fraction of sp³-hybridized carbons (Fsp3) is 0.691. The number of aliphatic carboxylic acids is 1. The Hall–Kier alpha value is -5.49. The number of aliphatic hydroxyl groups is 20. The third kappa shape index (κ3) is 17.0.